The first-order valence-electron chi connectivity index (χ1n) is 2.53. The molecule has 0 aromatic carbocycles. The number of halogens is 2. The van der Waals surface area contributed by atoms with Crippen LogP contribution in [0.2, 0.25) is 0 Å². The Morgan fingerprint density at radius 2 is 2.00 bits per heavy atom. The van der Waals surface area contributed by atoms with Crippen molar-refractivity contribution in [1.29, 1.82) is 0 Å². The zero-order valence-electron chi connectivity index (χ0n) is 5.03. The van der Waals surface area contributed by atoms with Crippen molar-refractivity contribution in [2.75, 3.05) is 7.11 Å². The SMILES string of the molecule is CCC(OC)C(Cl)Cl. The maximum atomic E-state index is 5.48. The third-order valence-electron chi connectivity index (χ3n) is 0.986. The van der Waals surface area contributed by atoms with Gasteiger partial charge in [0.25, 0.3) is 0 Å². The van der Waals surface area contributed by atoms with Gasteiger partial charge in [0.2, 0.25) is 0 Å². The molecule has 50 valence electrons. The molecule has 0 fully saturated rings. The molecule has 0 aliphatic carbocycles. The van der Waals surface area contributed by atoms with E-state index in [1.807, 2.05) is 6.92 Å². The molecular formula is C5H10Cl2O. The average molecular weight is 157 g/mol. The van der Waals surface area contributed by atoms with Gasteiger partial charge < -0.3 is 4.74 Å². The summed E-state index contributed by atoms with van der Waals surface area (Å²) in [5, 5.41) is 0. The molecule has 0 aliphatic rings. The van der Waals surface area contributed by atoms with Crippen molar-refractivity contribution in [3.8, 4) is 0 Å². The number of ether oxygens (including phenoxy) is 1. The van der Waals surface area contributed by atoms with Gasteiger partial charge in [-0.1, -0.05) is 6.92 Å². The number of hydrogen-bond acceptors (Lipinski definition) is 1. The Hall–Kier alpha value is 0.540. The van der Waals surface area contributed by atoms with E-state index in [0.29, 0.717) is 0 Å². The summed E-state index contributed by atoms with van der Waals surface area (Å²) < 4.78 is 4.90. The Labute approximate surface area is 59.9 Å². The van der Waals surface area contributed by atoms with E-state index < -0.39 is 4.84 Å². The van der Waals surface area contributed by atoms with Crippen molar-refractivity contribution in [3.05, 3.63) is 0 Å². The molecule has 0 aromatic rings. The van der Waals surface area contributed by atoms with Gasteiger partial charge in [-0.05, 0) is 6.42 Å². The van der Waals surface area contributed by atoms with E-state index in [1.54, 1.807) is 7.11 Å². The van der Waals surface area contributed by atoms with Crippen LogP contribution in [-0.4, -0.2) is 18.1 Å². The summed E-state index contributed by atoms with van der Waals surface area (Å²) in [4.78, 5) is -0.398. The van der Waals surface area contributed by atoms with Gasteiger partial charge in [0, 0.05) is 7.11 Å². The molecule has 0 bridgehead atoms. The number of rotatable bonds is 3. The molecule has 0 aliphatic heterocycles. The van der Waals surface area contributed by atoms with E-state index in [0.717, 1.165) is 6.42 Å². The molecule has 1 atom stereocenters. The molecule has 0 radical (unpaired) electrons. The van der Waals surface area contributed by atoms with Gasteiger partial charge in [-0.25, -0.2) is 0 Å². The minimum Gasteiger partial charge on any atom is -0.379 e. The highest BCUT2D eigenvalue weighted by Crippen LogP contribution is 2.12. The van der Waals surface area contributed by atoms with Gasteiger partial charge in [0.05, 0.1) is 6.10 Å². The first-order valence-corrected chi connectivity index (χ1v) is 3.40. The Balaban J connectivity index is 3.35. The highest BCUT2D eigenvalue weighted by atomic mass is 35.5. The second-order valence-corrected chi connectivity index (χ2v) is 2.68. The lowest BCUT2D eigenvalue weighted by Gasteiger charge is -2.12. The fourth-order valence-electron chi connectivity index (χ4n) is 0.448. The number of hydrogen-bond donors (Lipinski definition) is 0. The maximum absolute atomic E-state index is 5.48. The third kappa shape index (κ3) is 2.75. The van der Waals surface area contributed by atoms with Gasteiger partial charge in [-0.3, -0.25) is 0 Å². The Bertz CT molecular complexity index is 52.4. The van der Waals surface area contributed by atoms with Crippen molar-refractivity contribution in [2.24, 2.45) is 0 Å². The second kappa shape index (κ2) is 4.42. The highest BCUT2D eigenvalue weighted by molar-refractivity contribution is 6.44. The van der Waals surface area contributed by atoms with E-state index >= 15 is 0 Å². The first kappa shape index (κ1) is 8.54. The summed E-state index contributed by atoms with van der Waals surface area (Å²) in [5.74, 6) is 0. The van der Waals surface area contributed by atoms with Crippen LogP contribution in [0.15, 0.2) is 0 Å². The molecule has 3 heteroatoms. The summed E-state index contributed by atoms with van der Waals surface area (Å²) in [6, 6.07) is 0. The minimum atomic E-state index is -0.398. The van der Waals surface area contributed by atoms with Gasteiger partial charge in [0.15, 0.2) is 0 Å². The van der Waals surface area contributed by atoms with Gasteiger partial charge in [-0.15, -0.1) is 23.2 Å². The van der Waals surface area contributed by atoms with E-state index in [4.69, 9.17) is 27.9 Å². The van der Waals surface area contributed by atoms with Crippen molar-refractivity contribution in [2.45, 2.75) is 24.3 Å². The molecule has 0 N–H and O–H groups in total. The summed E-state index contributed by atoms with van der Waals surface area (Å²) in [5.41, 5.74) is 0. The first-order chi connectivity index (χ1) is 3.72. The van der Waals surface area contributed by atoms with Crippen LogP contribution in [0.4, 0.5) is 0 Å². The Morgan fingerprint density at radius 1 is 1.50 bits per heavy atom. The van der Waals surface area contributed by atoms with Crippen LogP contribution in [-0.2, 0) is 4.74 Å². The van der Waals surface area contributed by atoms with Crippen molar-refractivity contribution in [1.82, 2.24) is 0 Å². The van der Waals surface area contributed by atoms with Crippen molar-refractivity contribution < 1.29 is 4.74 Å². The molecule has 8 heavy (non-hydrogen) atoms. The van der Waals surface area contributed by atoms with Crippen LogP contribution >= 0.6 is 23.2 Å². The smallest absolute Gasteiger partial charge is 0.133 e. The Morgan fingerprint density at radius 3 is 2.00 bits per heavy atom. The van der Waals surface area contributed by atoms with Crippen LogP contribution in [0, 0.1) is 0 Å². The zero-order valence-corrected chi connectivity index (χ0v) is 6.54. The van der Waals surface area contributed by atoms with Crippen LogP contribution in [0.1, 0.15) is 13.3 Å². The summed E-state index contributed by atoms with van der Waals surface area (Å²) in [6.07, 6.45) is 0.840. The number of alkyl halides is 2. The molecule has 0 spiro atoms. The minimum absolute atomic E-state index is 0.0154. The normalized spacial score (nSPS) is 14.6. The third-order valence-corrected chi connectivity index (χ3v) is 1.55. The summed E-state index contributed by atoms with van der Waals surface area (Å²) in [7, 11) is 1.60. The summed E-state index contributed by atoms with van der Waals surface area (Å²) in [6.45, 7) is 1.98. The zero-order chi connectivity index (χ0) is 6.57. The van der Waals surface area contributed by atoms with Gasteiger partial charge >= 0.3 is 0 Å². The predicted molar refractivity (Wildman–Crippen MR) is 36.6 cm³/mol. The molecule has 1 nitrogen and oxygen atoms in total. The monoisotopic (exact) mass is 156 g/mol. The molecule has 0 saturated heterocycles. The van der Waals surface area contributed by atoms with Crippen molar-refractivity contribution >= 4 is 23.2 Å². The molecule has 0 aromatic heterocycles. The predicted octanol–water partition coefficient (Wildman–Crippen LogP) is 2.22. The topological polar surface area (TPSA) is 9.23 Å². The van der Waals surface area contributed by atoms with Crippen molar-refractivity contribution in [3.63, 3.8) is 0 Å². The van der Waals surface area contributed by atoms with E-state index in [2.05, 4.69) is 0 Å². The molecular weight excluding hydrogens is 147 g/mol. The van der Waals surface area contributed by atoms with Crippen LogP contribution < -0.4 is 0 Å². The molecule has 0 heterocycles. The van der Waals surface area contributed by atoms with E-state index in [1.165, 1.54) is 0 Å². The van der Waals surface area contributed by atoms with E-state index in [-0.39, 0.29) is 6.10 Å². The Kier molecular flexibility index (Phi) is 4.72. The molecule has 0 amide bonds. The maximum Gasteiger partial charge on any atom is 0.133 e. The summed E-state index contributed by atoms with van der Waals surface area (Å²) >= 11 is 11.0. The van der Waals surface area contributed by atoms with Gasteiger partial charge in [-0.2, -0.15) is 0 Å². The molecule has 0 rings (SSSR count). The standard InChI is InChI=1S/C5H10Cl2O/c1-3-4(8-2)5(6)7/h4-5H,3H2,1-2H3. The second-order valence-electron chi connectivity index (χ2n) is 1.52. The molecule has 0 saturated carbocycles. The lowest BCUT2D eigenvalue weighted by atomic mass is 10.3. The quantitative estimate of drug-likeness (QED) is 0.570. The van der Waals surface area contributed by atoms with Crippen LogP contribution in [0.3, 0.4) is 0 Å². The van der Waals surface area contributed by atoms with Crippen LogP contribution in [0.5, 0.6) is 0 Å². The van der Waals surface area contributed by atoms with E-state index in [9.17, 15) is 0 Å². The number of methoxy groups -OCH3 is 1. The average Bonchev–Trinajstić information content (AvgIpc) is 1.69. The molecule has 1 unspecified atom stereocenters. The fourth-order valence-corrected chi connectivity index (χ4v) is 1.01. The lowest BCUT2D eigenvalue weighted by molar-refractivity contribution is 0.110. The fraction of sp³-hybridized carbons (Fsp3) is 1.00. The highest BCUT2D eigenvalue weighted by Gasteiger charge is 2.11. The van der Waals surface area contributed by atoms with Crippen LogP contribution in [0.25, 0.3) is 0 Å². The largest absolute Gasteiger partial charge is 0.379 e. The van der Waals surface area contributed by atoms with Gasteiger partial charge in [0.1, 0.15) is 4.84 Å². The lowest BCUT2D eigenvalue weighted by Crippen LogP contribution is -2.16.